The molecule has 1 saturated heterocycles. The molecule has 0 radical (unpaired) electrons. The van der Waals surface area contributed by atoms with E-state index in [1.807, 2.05) is 95.8 Å². The molecule has 8 nitrogen and oxygen atoms in total. The van der Waals surface area contributed by atoms with Crippen LogP contribution in [0.1, 0.15) is 88.4 Å². The number of rotatable bonds is 7. The molecule has 0 unspecified atom stereocenters. The summed E-state index contributed by atoms with van der Waals surface area (Å²) in [6.07, 6.45) is 3.96. The normalized spacial score (nSPS) is 11.7. The lowest BCUT2D eigenvalue weighted by molar-refractivity contribution is 0.0747. The summed E-state index contributed by atoms with van der Waals surface area (Å²) in [4.78, 5) is 25.6. The number of aliphatic imine (C=N–C) groups is 2. The largest absolute Gasteiger partial charge is 0.370 e. The molecule has 260 valence electrons. The molecule has 4 rings (SSSR count). The van der Waals surface area contributed by atoms with Crippen LogP contribution in [-0.2, 0) is 0 Å². The summed E-state index contributed by atoms with van der Waals surface area (Å²) in [6, 6.07) is 21.5. The first kappa shape index (κ1) is 43.0. The van der Waals surface area contributed by atoms with Crippen LogP contribution in [0.4, 0.5) is 15.8 Å². The maximum absolute atomic E-state index is 13.2. The number of aryl methyl sites for hydroxylation is 1. The van der Waals surface area contributed by atoms with Crippen molar-refractivity contribution in [2.24, 2.45) is 21.5 Å². The Bertz CT molecular complexity index is 1460. The summed E-state index contributed by atoms with van der Waals surface area (Å²) < 4.78 is 13.2. The fourth-order valence-corrected chi connectivity index (χ4v) is 4.17. The molecule has 3 aromatic rings. The minimum Gasteiger partial charge on any atom is -0.370 e. The van der Waals surface area contributed by atoms with E-state index in [0.717, 1.165) is 47.6 Å². The number of carbonyl (C=O) groups excluding carboxylic acids is 1. The molecule has 48 heavy (non-hydrogen) atoms. The summed E-state index contributed by atoms with van der Waals surface area (Å²) in [7, 11) is 0. The number of piperazine rings is 1. The van der Waals surface area contributed by atoms with Gasteiger partial charge in [-0.05, 0) is 86.3 Å². The van der Waals surface area contributed by atoms with Crippen LogP contribution in [0.2, 0.25) is 0 Å². The lowest BCUT2D eigenvalue weighted by Gasteiger charge is -2.36. The van der Waals surface area contributed by atoms with Gasteiger partial charge in [-0.15, -0.1) is 6.58 Å². The topological polar surface area (TPSA) is 124 Å². The fourth-order valence-electron chi connectivity index (χ4n) is 4.17. The lowest BCUT2D eigenvalue weighted by Crippen LogP contribution is -2.48. The maximum atomic E-state index is 13.2. The van der Waals surface area contributed by atoms with E-state index in [-0.39, 0.29) is 17.7 Å². The van der Waals surface area contributed by atoms with E-state index >= 15 is 0 Å². The third-order valence-electron chi connectivity index (χ3n) is 6.72. The molecule has 0 spiro atoms. The summed E-state index contributed by atoms with van der Waals surface area (Å²) in [5.41, 5.74) is 15.5. The van der Waals surface area contributed by atoms with Gasteiger partial charge in [-0.3, -0.25) is 14.8 Å². The molecule has 1 aliphatic rings. The quantitative estimate of drug-likeness (QED) is 0.150. The molecular formula is C39H56FN7O. The Kier molecular flexibility index (Phi) is 22.6. The van der Waals surface area contributed by atoms with Crippen molar-refractivity contribution in [2.45, 2.75) is 68.2 Å². The van der Waals surface area contributed by atoms with Crippen molar-refractivity contribution in [2.75, 3.05) is 37.6 Å². The van der Waals surface area contributed by atoms with Gasteiger partial charge in [-0.25, -0.2) is 4.39 Å². The zero-order valence-corrected chi connectivity index (χ0v) is 30.3. The molecular weight excluding hydrogens is 601 g/mol. The third kappa shape index (κ3) is 15.5. The first-order valence-electron chi connectivity index (χ1n) is 16.8. The Morgan fingerprint density at radius 3 is 2.06 bits per heavy atom. The lowest BCUT2D eigenvalue weighted by atomic mass is 10.1. The fraction of sp³-hybridized carbons (Fsp3) is 0.385. The van der Waals surface area contributed by atoms with Crippen molar-refractivity contribution in [1.82, 2.24) is 4.90 Å². The number of amides is 1. The number of anilines is 1. The molecule has 9 heteroatoms. The maximum Gasteiger partial charge on any atom is 0.254 e. The SMILES string of the molecule is C=CCC.CC.CC.CC(=Nc1cc(C(=O)N2CCN(c3ccc(F)cc3)CC2)ccc1C)c1cccc(C#N)c1.CCCN=C(N)N. The highest BCUT2D eigenvalue weighted by Crippen LogP contribution is 2.24. The number of guanidine groups is 1. The molecule has 3 aromatic carbocycles. The van der Waals surface area contributed by atoms with Gasteiger partial charge in [0.05, 0.1) is 17.3 Å². The van der Waals surface area contributed by atoms with Crippen molar-refractivity contribution in [3.05, 3.63) is 107 Å². The van der Waals surface area contributed by atoms with Crippen LogP contribution in [0.25, 0.3) is 0 Å². The monoisotopic (exact) mass is 657 g/mol. The van der Waals surface area contributed by atoms with Gasteiger partial charge in [0.25, 0.3) is 5.91 Å². The van der Waals surface area contributed by atoms with Crippen molar-refractivity contribution >= 4 is 29.0 Å². The molecule has 0 aliphatic carbocycles. The highest BCUT2D eigenvalue weighted by molar-refractivity contribution is 6.01. The van der Waals surface area contributed by atoms with E-state index in [4.69, 9.17) is 21.7 Å². The molecule has 1 heterocycles. The molecule has 0 bridgehead atoms. The minimum atomic E-state index is -0.251. The van der Waals surface area contributed by atoms with Crippen LogP contribution in [0.15, 0.2) is 89.4 Å². The first-order valence-corrected chi connectivity index (χ1v) is 16.8. The predicted octanol–water partition coefficient (Wildman–Crippen LogP) is 8.41. The number of benzene rings is 3. The summed E-state index contributed by atoms with van der Waals surface area (Å²) in [6.45, 7) is 22.8. The Morgan fingerprint density at radius 1 is 0.958 bits per heavy atom. The smallest absolute Gasteiger partial charge is 0.254 e. The molecule has 1 aliphatic heterocycles. The number of hydrogen-bond acceptors (Lipinski definition) is 5. The Hall–Kier alpha value is -4.97. The standard InChI is InChI=1S/C27H25FN4O.C4H11N3.C4H8.2C2H6/c1-19-6-7-23(17-26(19)30-20(2)22-5-3-4-21(16-22)18-29)27(33)32-14-12-31(13-15-32)25-10-8-24(28)9-11-25;1-2-3-7-4(5)6;1-3-4-2;2*1-2/h3-11,16-17H,12-15H2,1-2H3;2-3H2,1H3,(H4,5,6,7);3H,1,4H2,2H3;2*1-2H3. The first-order chi connectivity index (χ1) is 23.1. The number of carbonyl (C=O) groups is 1. The number of nitrogens with two attached hydrogens (primary N) is 2. The Labute approximate surface area is 288 Å². The highest BCUT2D eigenvalue weighted by Gasteiger charge is 2.23. The molecule has 0 atom stereocenters. The second kappa shape index (κ2) is 25.2. The van der Waals surface area contributed by atoms with Gasteiger partial charge in [-0.2, -0.15) is 5.26 Å². The van der Waals surface area contributed by atoms with E-state index < -0.39 is 0 Å². The van der Waals surface area contributed by atoms with Crippen LogP contribution in [-0.4, -0.2) is 55.2 Å². The minimum absolute atomic E-state index is 0.0191. The van der Waals surface area contributed by atoms with E-state index in [1.165, 1.54) is 12.1 Å². The van der Waals surface area contributed by atoms with E-state index in [2.05, 4.69) is 29.5 Å². The van der Waals surface area contributed by atoms with Crippen LogP contribution >= 0.6 is 0 Å². The van der Waals surface area contributed by atoms with Gasteiger partial charge >= 0.3 is 0 Å². The summed E-state index contributed by atoms with van der Waals surface area (Å²) >= 11 is 0. The van der Waals surface area contributed by atoms with Crippen molar-refractivity contribution in [3.8, 4) is 6.07 Å². The van der Waals surface area contributed by atoms with Crippen LogP contribution in [0, 0.1) is 24.1 Å². The second-order valence-corrected chi connectivity index (χ2v) is 10.2. The van der Waals surface area contributed by atoms with Gasteiger partial charge in [0, 0.05) is 49.7 Å². The summed E-state index contributed by atoms with van der Waals surface area (Å²) in [5, 5.41) is 9.14. The van der Waals surface area contributed by atoms with Gasteiger partial charge in [0.2, 0.25) is 0 Å². The molecule has 4 N–H and O–H groups in total. The average molecular weight is 658 g/mol. The number of hydrogen-bond donors (Lipinski definition) is 2. The van der Waals surface area contributed by atoms with E-state index in [9.17, 15) is 9.18 Å². The van der Waals surface area contributed by atoms with Crippen molar-refractivity contribution < 1.29 is 9.18 Å². The number of halogens is 1. The van der Waals surface area contributed by atoms with Gasteiger partial charge in [0.15, 0.2) is 5.96 Å². The zero-order valence-electron chi connectivity index (χ0n) is 30.3. The van der Waals surface area contributed by atoms with Gasteiger partial charge in [0.1, 0.15) is 5.82 Å². The van der Waals surface area contributed by atoms with E-state index in [0.29, 0.717) is 37.3 Å². The van der Waals surface area contributed by atoms with Crippen molar-refractivity contribution in [3.63, 3.8) is 0 Å². The van der Waals surface area contributed by atoms with Crippen LogP contribution < -0.4 is 16.4 Å². The Balaban J connectivity index is 0.00000125. The average Bonchev–Trinajstić information content (AvgIpc) is 3.13. The number of nitriles is 1. The predicted molar refractivity (Wildman–Crippen MR) is 203 cm³/mol. The summed E-state index contributed by atoms with van der Waals surface area (Å²) in [5.74, 6) is -0.0883. The molecule has 0 aromatic heterocycles. The van der Waals surface area contributed by atoms with E-state index in [1.54, 1.807) is 18.2 Å². The highest BCUT2D eigenvalue weighted by atomic mass is 19.1. The molecule has 1 fully saturated rings. The van der Waals surface area contributed by atoms with Gasteiger partial charge in [-0.1, -0.05) is 65.8 Å². The van der Waals surface area contributed by atoms with Crippen LogP contribution in [0.5, 0.6) is 0 Å². The third-order valence-corrected chi connectivity index (χ3v) is 6.72. The number of nitrogens with zero attached hydrogens (tertiary/aromatic N) is 5. The van der Waals surface area contributed by atoms with Crippen LogP contribution in [0.3, 0.4) is 0 Å². The molecule has 1 amide bonds. The van der Waals surface area contributed by atoms with Crippen molar-refractivity contribution in [1.29, 1.82) is 5.26 Å². The zero-order chi connectivity index (χ0) is 36.5. The second-order valence-electron chi connectivity index (χ2n) is 10.2. The molecule has 0 saturated carbocycles. The Morgan fingerprint density at radius 2 is 1.56 bits per heavy atom. The van der Waals surface area contributed by atoms with Gasteiger partial charge < -0.3 is 21.3 Å². The number of allylic oxidation sites excluding steroid dienone is 1.